The SMILES string of the molecule is CC1Cc2cc(C(=O)c3ccc4c(c3)CCC4)ccc2O1. The average molecular weight is 278 g/mol. The predicted molar refractivity (Wildman–Crippen MR) is 82.1 cm³/mol. The van der Waals surface area contributed by atoms with Crippen LogP contribution in [0.1, 0.15) is 46.0 Å². The molecule has 0 saturated heterocycles. The molecule has 1 atom stereocenters. The van der Waals surface area contributed by atoms with Crippen LogP contribution < -0.4 is 4.74 Å². The highest BCUT2D eigenvalue weighted by atomic mass is 16.5. The van der Waals surface area contributed by atoms with E-state index in [1.165, 1.54) is 17.5 Å². The van der Waals surface area contributed by atoms with Crippen LogP contribution in [0.2, 0.25) is 0 Å². The molecule has 2 aromatic carbocycles. The number of benzene rings is 2. The van der Waals surface area contributed by atoms with Gasteiger partial charge in [-0.05, 0) is 67.1 Å². The minimum Gasteiger partial charge on any atom is -0.490 e. The molecule has 0 fully saturated rings. The number of carbonyl (C=O) groups excluding carboxylic acids is 1. The van der Waals surface area contributed by atoms with Gasteiger partial charge >= 0.3 is 0 Å². The zero-order valence-electron chi connectivity index (χ0n) is 12.2. The Morgan fingerprint density at radius 1 is 1.00 bits per heavy atom. The van der Waals surface area contributed by atoms with Gasteiger partial charge in [0.2, 0.25) is 0 Å². The summed E-state index contributed by atoms with van der Waals surface area (Å²) >= 11 is 0. The molecule has 2 heteroatoms. The Hall–Kier alpha value is -2.09. The largest absolute Gasteiger partial charge is 0.490 e. The Kier molecular flexibility index (Phi) is 2.85. The number of ether oxygens (including phenoxy) is 1. The van der Waals surface area contributed by atoms with E-state index in [2.05, 4.69) is 19.1 Å². The lowest BCUT2D eigenvalue weighted by Crippen LogP contribution is -2.05. The molecule has 0 aromatic heterocycles. The van der Waals surface area contributed by atoms with Crippen molar-refractivity contribution in [1.29, 1.82) is 0 Å². The molecule has 0 bridgehead atoms. The molecule has 0 N–H and O–H groups in total. The molecule has 1 heterocycles. The Bertz CT molecular complexity index is 730. The van der Waals surface area contributed by atoms with Crippen LogP contribution in [-0.4, -0.2) is 11.9 Å². The molecule has 1 aliphatic carbocycles. The van der Waals surface area contributed by atoms with Crippen molar-refractivity contribution in [2.24, 2.45) is 0 Å². The summed E-state index contributed by atoms with van der Waals surface area (Å²) in [6, 6.07) is 12.0. The standard InChI is InChI=1S/C19H18O2/c1-12-9-17-11-16(7-8-18(17)21-12)19(20)15-6-5-13-3-2-4-14(13)10-15/h5-8,10-12H,2-4,9H2,1H3. The second kappa shape index (κ2) is 4.73. The van der Waals surface area contributed by atoms with Gasteiger partial charge in [-0.25, -0.2) is 0 Å². The van der Waals surface area contributed by atoms with Crippen LogP contribution in [0.15, 0.2) is 36.4 Å². The van der Waals surface area contributed by atoms with Gasteiger partial charge in [0.05, 0.1) is 0 Å². The second-order valence-corrected chi connectivity index (χ2v) is 6.12. The van der Waals surface area contributed by atoms with Crippen molar-refractivity contribution in [2.75, 3.05) is 0 Å². The Labute approximate surface area is 124 Å². The summed E-state index contributed by atoms with van der Waals surface area (Å²) in [4.78, 5) is 12.7. The summed E-state index contributed by atoms with van der Waals surface area (Å²) in [5.41, 5.74) is 5.48. The monoisotopic (exact) mass is 278 g/mol. The van der Waals surface area contributed by atoms with E-state index in [0.29, 0.717) is 0 Å². The van der Waals surface area contributed by atoms with Gasteiger partial charge in [-0.15, -0.1) is 0 Å². The molecule has 1 aliphatic heterocycles. The number of aryl methyl sites for hydroxylation is 2. The van der Waals surface area contributed by atoms with E-state index in [-0.39, 0.29) is 11.9 Å². The van der Waals surface area contributed by atoms with Crippen LogP contribution in [0.25, 0.3) is 0 Å². The van der Waals surface area contributed by atoms with Crippen molar-refractivity contribution in [1.82, 2.24) is 0 Å². The first-order valence-electron chi connectivity index (χ1n) is 7.67. The van der Waals surface area contributed by atoms with E-state index in [1.807, 2.05) is 24.3 Å². The lowest BCUT2D eigenvalue weighted by Gasteiger charge is -2.06. The number of fused-ring (bicyclic) bond motifs is 2. The van der Waals surface area contributed by atoms with Crippen LogP contribution in [0.3, 0.4) is 0 Å². The zero-order valence-corrected chi connectivity index (χ0v) is 12.2. The third kappa shape index (κ3) is 2.15. The fourth-order valence-corrected chi connectivity index (χ4v) is 3.44. The highest BCUT2D eigenvalue weighted by molar-refractivity contribution is 6.09. The predicted octanol–water partition coefficient (Wildman–Crippen LogP) is 3.73. The molecule has 2 nitrogen and oxygen atoms in total. The molecular weight excluding hydrogens is 260 g/mol. The summed E-state index contributed by atoms with van der Waals surface area (Å²) < 4.78 is 5.70. The molecular formula is C19H18O2. The second-order valence-electron chi connectivity index (χ2n) is 6.12. The van der Waals surface area contributed by atoms with Gasteiger partial charge in [0, 0.05) is 17.5 Å². The van der Waals surface area contributed by atoms with E-state index >= 15 is 0 Å². The van der Waals surface area contributed by atoms with Gasteiger partial charge in [0.15, 0.2) is 5.78 Å². The number of hydrogen-bond donors (Lipinski definition) is 0. The number of carbonyl (C=O) groups is 1. The maximum Gasteiger partial charge on any atom is 0.193 e. The van der Waals surface area contributed by atoms with Crippen LogP contribution in [0, 0.1) is 0 Å². The summed E-state index contributed by atoms with van der Waals surface area (Å²) in [5.74, 6) is 1.04. The van der Waals surface area contributed by atoms with Crippen molar-refractivity contribution >= 4 is 5.78 Å². The third-order valence-electron chi connectivity index (χ3n) is 4.52. The minimum absolute atomic E-state index is 0.118. The molecule has 0 saturated carbocycles. The molecule has 0 spiro atoms. The molecule has 2 aromatic rings. The van der Waals surface area contributed by atoms with E-state index in [4.69, 9.17) is 4.74 Å². The summed E-state index contributed by atoms with van der Waals surface area (Å²) in [6.07, 6.45) is 4.57. The van der Waals surface area contributed by atoms with Crippen LogP contribution >= 0.6 is 0 Å². The Morgan fingerprint density at radius 2 is 1.71 bits per heavy atom. The van der Waals surface area contributed by atoms with E-state index < -0.39 is 0 Å². The first-order valence-corrected chi connectivity index (χ1v) is 7.67. The third-order valence-corrected chi connectivity index (χ3v) is 4.52. The smallest absolute Gasteiger partial charge is 0.193 e. The molecule has 1 unspecified atom stereocenters. The molecule has 21 heavy (non-hydrogen) atoms. The van der Waals surface area contributed by atoms with Crippen molar-refractivity contribution in [3.05, 3.63) is 64.2 Å². The van der Waals surface area contributed by atoms with Gasteiger partial charge in [-0.2, -0.15) is 0 Å². The fraction of sp³-hybridized carbons (Fsp3) is 0.316. The van der Waals surface area contributed by atoms with Gasteiger partial charge in [0.25, 0.3) is 0 Å². The molecule has 4 rings (SSSR count). The number of hydrogen-bond acceptors (Lipinski definition) is 2. The summed E-state index contributed by atoms with van der Waals surface area (Å²) in [5, 5.41) is 0. The summed E-state index contributed by atoms with van der Waals surface area (Å²) in [6.45, 7) is 2.06. The lowest BCUT2D eigenvalue weighted by molar-refractivity contribution is 0.103. The number of ketones is 1. The van der Waals surface area contributed by atoms with Crippen molar-refractivity contribution in [3.63, 3.8) is 0 Å². The fourth-order valence-electron chi connectivity index (χ4n) is 3.44. The van der Waals surface area contributed by atoms with E-state index in [9.17, 15) is 4.79 Å². The van der Waals surface area contributed by atoms with Crippen molar-refractivity contribution < 1.29 is 9.53 Å². The first kappa shape index (κ1) is 12.6. The van der Waals surface area contributed by atoms with Gasteiger partial charge in [0.1, 0.15) is 11.9 Å². The normalized spacial score (nSPS) is 19.0. The van der Waals surface area contributed by atoms with Crippen molar-refractivity contribution in [3.8, 4) is 5.75 Å². The summed E-state index contributed by atoms with van der Waals surface area (Å²) in [7, 11) is 0. The van der Waals surface area contributed by atoms with Crippen molar-refractivity contribution in [2.45, 2.75) is 38.7 Å². The van der Waals surface area contributed by atoms with Crippen LogP contribution in [-0.2, 0) is 19.3 Å². The Balaban J connectivity index is 1.68. The maximum atomic E-state index is 12.7. The molecule has 2 aliphatic rings. The lowest BCUT2D eigenvalue weighted by atomic mass is 9.97. The molecule has 0 radical (unpaired) electrons. The van der Waals surface area contributed by atoms with Gasteiger partial charge < -0.3 is 4.74 Å². The zero-order chi connectivity index (χ0) is 14.4. The van der Waals surface area contributed by atoms with Crippen LogP contribution in [0.4, 0.5) is 0 Å². The first-order chi connectivity index (χ1) is 10.2. The van der Waals surface area contributed by atoms with E-state index in [0.717, 1.165) is 41.7 Å². The van der Waals surface area contributed by atoms with E-state index in [1.54, 1.807) is 0 Å². The van der Waals surface area contributed by atoms with Crippen LogP contribution in [0.5, 0.6) is 5.75 Å². The highest BCUT2D eigenvalue weighted by Gasteiger charge is 2.21. The highest BCUT2D eigenvalue weighted by Crippen LogP contribution is 2.30. The van der Waals surface area contributed by atoms with Gasteiger partial charge in [-0.3, -0.25) is 4.79 Å². The van der Waals surface area contributed by atoms with Gasteiger partial charge in [-0.1, -0.05) is 12.1 Å². The molecule has 106 valence electrons. The minimum atomic E-state index is 0.118. The quantitative estimate of drug-likeness (QED) is 0.782. The molecule has 0 amide bonds. The average Bonchev–Trinajstić information content (AvgIpc) is 3.09. The number of rotatable bonds is 2. The Morgan fingerprint density at radius 3 is 2.57 bits per heavy atom. The topological polar surface area (TPSA) is 26.3 Å². The maximum absolute atomic E-state index is 12.7.